The Morgan fingerprint density at radius 2 is 1.76 bits per heavy atom. The number of carboxylic acids is 1. The van der Waals surface area contributed by atoms with E-state index in [1.807, 2.05) is 49.4 Å². The number of anilines is 2. The first-order chi connectivity index (χ1) is 15.8. The number of nitrogens with zero attached hydrogens (tertiary/aromatic N) is 2. The summed E-state index contributed by atoms with van der Waals surface area (Å²) >= 11 is 0. The van der Waals surface area contributed by atoms with Crippen molar-refractivity contribution in [1.29, 1.82) is 5.26 Å². The average molecular weight is 440 g/mol. The zero-order chi connectivity index (χ0) is 23.7. The van der Waals surface area contributed by atoms with E-state index in [1.165, 1.54) is 25.1 Å². The summed E-state index contributed by atoms with van der Waals surface area (Å²) in [5.74, 6) is -1.60. The fourth-order valence-electron chi connectivity index (χ4n) is 3.62. The van der Waals surface area contributed by atoms with Crippen LogP contribution in [0.2, 0.25) is 0 Å². The van der Waals surface area contributed by atoms with E-state index in [0.717, 1.165) is 16.7 Å². The number of carbonyl (C=O) groups is 1. The van der Waals surface area contributed by atoms with Gasteiger partial charge in [0.2, 0.25) is 0 Å². The van der Waals surface area contributed by atoms with Crippen LogP contribution in [0.3, 0.4) is 0 Å². The molecule has 0 radical (unpaired) electrons. The Balaban J connectivity index is 1.86. The fourth-order valence-corrected chi connectivity index (χ4v) is 3.62. The van der Waals surface area contributed by atoms with E-state index in [0.29, 0.717) is 27.8 Å². The number of nitrogens with two attached hydrogens (primary N) is 1. The van der Waals surface area contributed by atoms with Gasteiger partial charge >= 0.3 is 5.97 Å². The van der Waals surface area contributed by atoms with Gasteiger partial charge in [0.25, 0.3) is 0 Å². The molecule has 3 aromatic carbocycles. The molecule has 0 aliphatic carbocycles. The number of aryl methyl sites for hydroxylation is 1. The van der Waals surface area contributed by atoms with Crippen molar-refractivity contribution in [1.82, 2.24) is 4.98 Å². The first-order valence-electron chi connectivity index (χ1n) is 10.3. The molecule has 1 heterocycles. The summed E-state index contributed by atoms with van der Waals surface area (Å²) in [7, 11) is 0. The smallest absolute Gasteiger partial charge is 0.325 e. The van der Waals surface area contributed by atoms with Crippen LogP contribution in [0.4, 0.5) is 15.8 Å². The lowest BCUT2D eigenvalue weighted by Gasteiger charge is -2.17. The monoisotopic (exact) mass is 440 g/mol. The Morgan fingerprint density at radius 1 is 1.09 bits per heavy atom. The number of nitrogen functional groups attached to an aromatic ring is 1. The van der Waals surface area contributed by atoms with Gasteiger partial charge < -0.3 is 16.2 Å². The maximum Gasteiger partial charge on any atom is 0.325 e. The number of nitrogens with one attached hydrogen (secondary N) is 1. The molecular formula is C26H21FN4O2. The number of halogens is 1. The van der Waals surface area contributed by atoms with Gasteiger partial charge in [-0.15, -0.1) is 0 Å². The number of aromatic nitrogens is 1. The summed E-state index contributed by atoms with van der Waals surface area (Å²) in [6.45, 7) is 3.40. The summed E-state index contributed by atoms with van der Waals surface area (Å²) in [6.07, 6.45) is 0. The minimum absolute atomic E-state index is 0.147. The van der Waals surface area contributed by atoms with Crippen LogP contribution < -0.4 is 11.1 Å². The molecule has 4 rings (SSSR count). The van der Waals surface area contributed by atoms with E-state index < -0.39 is 17.8 Å². The number of benzene rings is 3. The lowest BCUT2D eigenvalue weighted by atomic mass is 9.97. The summed E-state index contributed by atoms with van der Waals surface area (Å²) < 4.78 is 14.0. The van der Waals surface area contributed by atoms with Gasteiger partial charge in [0.15, 0.2) is 0 Å². The zero-order valence-electron chi connectivity index (χ0n) is 18.1. The van der Waals surface area contributed by atoms with E-state index in [2.05, 4.69) is 16.4 Å². The van der Waals surface area contributed by atoms with E-state index in [-0.39, 0.29) is 11.3 Å². The molecule has 33 heavy (non-hydrogen) atoms. The number of carboxylic acid groups (broad SMARTS) is 1. The van der Waals surface area contributed by atoms with Crippen molar-refractivity contribution in [2.45, 2.75) is 19.9 Å². The van der Waals surface area contributed by atoms with Gasteiger partial charge in [0.1, 0.15) is 23.5 Å². The van der Waals surface area contributed by atoms with Gasteiger partial charge in [-0.05, 0) is 54.8 Å². The highest BCUT2D eigenvalue weighted by molar-refractivity contribution is 5.99. The van der Waals surface area contributed by atoms with Gasteiger partial charge in [-0.3, -0.25) is 4.79 Å². The second-order valence-corrected chi connectivity index (χ2v) is 7.84. The second-order valence-electron chi connectivity index (χ2n) is 7.84. The molecule has 0 amide bonds. The number of hydrogen-bond acceptors (Lipinski definition) is 5. The van der Waals surface area contributed by atoms with Crippen LogP contribution >= 0.6 is 0 Å². The molecular weight excluding hydrogens is 419 g/mol. The van der Waals surface area contributed by atoms with Crippen LogP contribution in [-0.4, -0.2) is 22.1 Å². The molecule has 1 atom stereocenters. The third-order valence-electron chi connectivity index (χ3n) is 5.56. The van der Waals surface area contributed by atoms with E-state index in [4.69, 9.17) is 5.73 Å². The molecule has 0 saturated carbocycles. The summed E-state index contributed by atoms with van der Waals surface area (Å²) in [5.41, 5.74) is 11.5. The Hall–Kier alpha value is -4.44. The highest BCUT2D eigenvalue weighted by atomic mass is 19.1. The summed E-state index contributed by atoms with van der Waals surface area (Å²) in [6, 6.07) is 18.5. The highest BCUT2D eigenvalue weighted by Crippen LogP contribution is 2.35. The topological polar surface area (TPSA) is 112 Å². The predicted molar refractivity (Wildman–Crippen MR) is 127 cm³/mol. The van der Waals surface area contributed by atoms with Gasteiger partial charge in [-0.1, -0.05) is 36.4 Å². The van der Waals surface area contributed by atoms with Crippen LogP contribution in [0.15, 0.2) is 60.7 Å². The van der Waals surface area contributed by atoms with E-state index in [1.54, 1.807) is 0 Å². The number of hydrogen-bond donors (Lipinski definition) is 3. The second kappa shape index (κ2) is 8.60. The Labute approximate surface area is 190 Å². The molecule has 0 spiro atoms. The third-order valence-corrected chi connectivity index (χ3v) is 5.56. The minimum Gasteiger partial charge on any atom is -0.480 e. The number of fused-ring (bicyclic) bond motifs is 1. The van der Waals surface area contributed by atoms with Crippen LogP contribution in [-0.2, 0) is 4.79 Å². The maximum absolute atomic E-state index is 14.0. The number of rotatable bonds is 5. The molecule has 1 unspecified atom stereocenters. The van der Waals surface area contributed by atoms with Crippen molar-refractivity contribution in [2.24, 2.45) is 0 Å². The van der Waals surface area contributed by atoms with Crippen molar-refractivity contribution in [3.63, 3.8) is 0 Å². The molecule has 7 heteroatoms. The molecule has 4 aromatic rings. The largest absolute Gasteiger partial charge is 0.480 e. The predicted octanol–water partition coefficient (Wildman–Crippen LogP) is 5.36. The van der Waals surface area contributed by atoms with Gasteiger partial charge in [-0.2, -0.15) is 5.26 Å². The normalized spacial score (nSPS) is 11.7. The SMILES string of the molecule is Cc1ccc(-c2ccc(-c3nc4ccc(F)cc4c(NC(C)C(=O)O)c3C#N)cc2)cc1N. The number of nitriles is 1. The summed E-state index contributed by atoms with van der Waals surface area (Å²) in [5, 5.41) is 22.5. The van der Waals surface area contributed by atoms with Crippen molar-refractivity contribution in [3.8, 4) is 28.5 Å². The van der Waals surface area contributed by atoms with Gasteiger partial charge in [0, 0.05) is 16.6 Å². The van der Waals surface area contributed by atoms with Crippen LogP contribution in [0.5, 0.6) is 0 Å². The van der Waals surface area contributed by atoms with E-state index in [9.17, 15) is 19.6 Å². The molecule has 0 aliphatic rings. The first-order valence-corrected chi connectivity index (χ1v) is 10.3. The molecule has 6 nitrogen and oxygen atoms in total. The van der Waals surface area contributed by atoms with Crippen LogP contribution in [0, 0.1) is 24.1 Å². The zero-order valence-corrected chi connectivity index (χ0v) is 18.1. The standard InChI is InChI=1S/C26H21FN4O2/c1-14-3-4-18(11-22(14)29)16-5-7-17(8-6-16)24-21(13-28)25(30-15(2)26(32)33)20-12-19(27)9-10-23(20)31-24/h3-12,15H,29H2,1-2H3,(H,30,31)(H,32,33). The molecule has 1 aromatic heterocycles. The first kappa shape index (κ1) is 21.8. The lowest BCUT2D eigenvalue weighted by molar-refractivity contribution is -0.137. The molecule has 0 bridgehead atoms. The van der Waals surface area contributed by atoms with Crippen molar-refractivity contribution in [2.75, 3.05) is 11.1 Å². The summed E-state index contributed by atoms with van der Waals surface area (Å²) in [4.78, 5) is 16.0. The van der Waals surface area contributed by atoms with Crippen molar-refractivity contribution < 1.29 is 14.3 Å². The lowest BCUT2D eigenvalue weighted by Crippen LogP contribution is -2.26. The average Bonchev–Trinajstić information content (AvgIpc) is 2.80. The maximum atomic E-state index is 14.0. The Kier molecular flexibility index (Phi) is 5.67. The van der Waals surface area contributed by atoms with Gasteiger partial charge in [0.05, 0.1) is 16.9 Å². The number of aliphatic carboxylic acids is 1. The molecule has 4 N–H and O–H groups in total. The van der Waals surface area contributed by atoms with Crippen molar-refractivity contribution in [3.05, 3.63) is 77.6 Å². The quantitative estimate of drug-likeness (QED) is 0.361. The number of pyridine rings is 1. The Bertz CT molecular complexity index is 1430. The highest BCUT2D eigenvalue weighted by Gasteiger charge is 2.21. The molecule has 164 valence electrons. The van der Waals surface area contributed by atoms with Gasteiger partial charge in [-0.25, -0.2) is 9.37 Å². The van der Waals surface area contributed by atoms with Crippen LogP contribution in [0.25, 0.3) is 33.3 Å². The van der Waals surface area contributed by atoms with E-state index >= 15 is 0 Å². The third kappa shape index (κ3) is 4.19. The Morgan fingerprint density at radius 3 is 2.39 bits per heavy atom. The molecule has 0 saturated heterocycles. The minimum atomic E-state index is -1.09. The fraction of sp³-hybridized carbons (Fsp3) is 0.115. The molecule has 0 aliphatic heterocycles. The van der Waals surface area contributed by atoms with Crippen LogP contribution in [0.1, 0.15) is 18.1 Å². The molecule has 0 fully saturated rings. The van der Waals surface area contributed by atoms with Crippen molar-refractivity contribution >= 4 is 28.2 Å².